The molecule has 2 amide bonds. The minimum Gasteiger partial charge on any atom is -0.491 e. The van der Waals surface area contributed by atoms with Crippen LogP contribution < -0.4 is 15.4 Å². The molecule has 3 aromatic rings. The molecule has 0 spiro atoms. The first kappa shape index (κ1) is 17.5. The lowest BCUT2D eigenvalue weighted by atomic mass is 10.3. The molecule has 134 valence electrons. The summed E-state index contributed by atoms with van der Waals surface area (Å²) >= 11 is 0. The van der Waals surface area contributed by atoms with Crippen molar-refractivity contribution >= 4 is 17.4 Å². The smallest absolute Gasteiger partial charge is 0.323 e. The topological polar surface area (TPSA) is 77.4 Å². The van der Waals surface area contributed by atoms with Crippen LogP contribution in [0.25, 0.3) is 5.69 Å². The first-order valence-corrected chi connectivity index (χ1v) is 8.14. The number of nitrogens with one attached hydrogen (secondary N) is 2. The van der Waals surface area contributed by atoms with Gasteiger partial charge in [0.15, 0.2) is 0 Å². The number of anilines is 2. The van der Waals surface area contributed by atoms with Gasteiger partial charge < -0.3 is 20.1 Å². The van der Waals surface area contributed by atoms with Gasteiger partial charge in [0.2, 0.25) is 0 Å². The van der Waals surface area contributed by atoms with E-state index in [4.69, 9.17) is 9.47 Å². The third-order valence-electron chi connectivity index (χ3n) is 3.51. The largest absolute Gasteiger partial charge is 0.491 e. The highest BCUT2D eigenvalue weighted by molar-refractivity contribution is 5.99. The second-order valence-corrected chi connectivity index (χ2v) is 5.46. The van der Waals surface area contributed by atoms with Crippen LogP contribution in [-0.2, 0) is 4.74 Å². The number of aromatic nitrogens is 2. The van der Waals surface area contributed by atoms with Gasteiger partial charge in [-0.2, -0.15) is 5.10 Å². The van der Waals surface area contributed by atoms with E-state index in [9.17, 15) is 4.79 Å². The van der Waals surface area contributed by atoms with Gasteiger partial charge in [0.05, 0.1) is 30.4 Å². The highest BCUT2D eigenvalue weighted by atomic mass is 16.5. The number of benzene rings is 2. The lowest BCUT2D eigenvalue weighted by Gasteiger charge is -2.09. The number of amides is 2. The van der Waals surface area contributed by atoms with Crippen molar-refractivity contribution in [2.45, 2.75) is 0 Å². The predicted octanol–water partition coefficient (Wildman–Crippen LogP) is 3.54. The molecule has 0 atom stereocenters. The summed E-state index contributed by atoms with van der Waals surface area (Å²) < 4.78 is 12.2. The maximum absolute atomic E-state index is 12.2. The van der Waals surface area contributed by atoms with E-state index in [0.29, 0.717) is 30.3 Å². The minimum atomic E-state index is -0.355. The average Bonchev–Trinajstić information content (AvgIpc) is 3.11. The number of para-hydroxylation sites is 1. The lowest BCUT2D eigenvalue weighted by molar-refractivity contribution is 0.146. The van der Waals surface area contributed by atoms with Crippen LogP contribution >= 0.6 is 0 Å². The Morgan fingerprint density at radius 1 is 1.04 bits per heavy atom. The number of nitrogens with zero attached hydrogens (tertiary/aromatic N) is 2. The van der Waals surface area contributed by atoms with Crippen LogP contribution in [0.1, 0.15) is 0 Å². The summed E-state index contributed by atoms with van der Waals surface area (Å²) in [5.74, 6) is 0.664. The van der Waals surface area contributed by atoms with Gasteiger partial charge in [0.25, 0.3) is 0 Å². The van der Waals surface area contributed by atoms with E-state index in [2.05, 4.69) is 15.7 Å². The fourth-order valence-corrected chi connectivity index (χ4v) is 2.31. The molecule has 1 heterocycles. The molecular weight excluding hydrogens is 332 g/mol. The quantitative estimate of drug-likeness (QED) is 0.638. The van der Waals surface area contributed by atoms with Crippen molar-refractivity contribution in [3.05, 3.63) is 67.0 Å². The van der Waals surface area contributed by atoms with E-state index in [1.165, 1.54) is 0 Å². The van der Waals surface area contributed by atoms with Gasteiger partial charge in [0.1, 0.15) is 12.4 Å². The maximum Gasteiger partial charge on any atom is 0.323 e. The molecule has 0 unspecified atom stereocenters. The zero-order valence-electron chi connectivity index (χ0n) is 14.4. The molecule has 0 saturated carbocycles. The Bertz CT molecular complexity index is 849. The Morgan fingerprint density at radius 2 is 1.85 bits per heavy atom. The monoisotopic (exact) mass is 352 g/mol. The van der Waals surface area contributed by atoms with Crippen molar-refractivity contribution in [1.82, 2.24) is 9.78 Å². The third kappa shape index (κ3) is 4.84. The number of hydrogen-bond acceptors (Lipinski definition) is 4. The number of methoxy groups -OCH3 is 1. The second-order valence-electron chi connectivity index (χ2n) is 5.46. The van der Waals surface area contributed by atoms with E-state index in [-0.39, 0.29) is 6.03 Å². The van der Waals surface area contributed by atoms with Gasteiger partial charge in [-0.3, -0.25) is 0 Å². The van der Waals surface area contributed by atoms with Crippen molar-refractivity contribution in [3.63, 3.8) is 0 Å². The van der Waals surface area contributed by atoms with Crippen LogP contribution in [0.3, 0.4) is 0 Å². The molecule has 0 fully saturated rings. The van der Waals surface area contributed by atoms with Gasteiger partial charge in [-0.05, 0) is 24.3 Å². The number of rotatable bonds is 7. The molecule has 26 heavy (non-hydrogen) atoms. The molecule has 0 aliphatic heterocycles. The molecule has 3 rings (SSSR count). The molecule has 7 heteroatoms. The number of carbonyl (C=O) groups excluding carboxylic acids is 1. The molecule has 7 nitrogen and oxygen atoms in total. The maximum atomic E-state index is 12.2. The summed E-state index contributed by atoms with van der Waals surface area (Å²) in [4.78, 5) is 12.2. The van der Waals surface area contributed by atoms with E-state index >= 15 is 0 Å². The van der Waals surface area contributed by atoms with Gasteiger partial charge in [-0.15, -0.1) is 0 Å². The SMILES string of the molecule is COCCOc1cccc(NC(=O)Nc2cnn(-c3ccccc3)c2)c1. The van der Waals surface area contributed by atoms with Gasteiger partial charge in [-0.25, -0.2) is 9.48 Å². The van der Waals surface area contributed by atoms with Gasteiger partial charge >= 0.3 is 6.03 Å². The van der Waals surface area contributed by atoms with Crippen molar-refractivity contribution in [2.75, 3.05) is 31.0 Å². The summed E-state index contributed by atoms with van der Waals surface area (Å²) in [7, 11) is 1.62. The first-order chi connectivity index (χ1) is 12.7. The van der Waals surface area contributed by atoms with Crippen LogP contribution in [0.4, 0.5) is 16.2 Å². The van der Waals surface area contributed by atoms with Crippen LogP contribution in [0.2, 0.25) is 0 Å². The van der Waals surface area contributed by atoms with Crippen molar-refractivity contribution in [2.24, 2.45) is 0 Å². The van der Waals surface area contributed by atoms with E-state index in [0.717, 1.165) is 5.69 Å². The van der Waals surface area contributed by atoms with Crippen molar-refractivity contribution < 1.29 is 14.3 Å². The molecule has 2 aromatic carbocycles. The Kier molecular flexibility index (Phi) is 5.84. The first-order valence-electron chi connectivity index (χ1n) is 8.14. The van der Waals surface area contributed by atoms with E-state index in [1.54, 1.807) is 36.3 Å². The fourth-order valence-electron chi connectivity index (χ4n) is 2.31. The molecular formula is C19H20N4O3. The molecule has 1 aromatic heterocycles. The molecule has 0 bridgehead atoms. The summed E-state index contributed by atoms with van der Waals surface area (Å²) in [6.07, 6.45) is 3.34. The molecule has 2 N–H and O–H groups in total. The third-order valence-corrected chi connectivity index (χ3v) is 3.51. The zero-order valence-corrected chi connectivity index (χ0v) is 14.4. The normalized spacial score (nSPS) is 10.3. The van der Waals surface area contributed by atoms with E-state index < -0.39 is 0 Å². The van der Waals surface area contributed by atoms with Crippen LogP contribution in [-0.4, -0.2) is 36.1 Å². The summed E-state index contributed by atoms with van der Waals surface area (Å²) in [6.45, 7) is 0.953. The van der Waals surface area contributed by atoms with Crippen LogP contribution in [0.5, 0.6) is 5.75 Å². The summed E-state index contributed by atoms with van der Waals surface area (Å²) in [5.41, 5.74) is 2.15. The fraction of sp³-hybridized carbons (Fsp3) is 0.158. The van der Waals surface area contributed by atoms with Crippen molar-refractivity contribution in [1.29, 1.82) is 0 Å². The molecule has 0 radical (unpaired) electrons. The van der Waals surface area contributed by atoms with Crippen LogP contribution in [0.15, 0.2) is 67.0 Å². The predicted molar refractivity (Wildman–Crippen MR) is 100 cm³/mol. The summed E-state index contributed by atoms with van der Waals surface area (Å²) in [6, 6.07) is 16.5. The standard InChI is InChI=1S/C19H20N4O3/c1-25-10-11-26-18-9-5-6-15(12-18)21-19(24)22-16-13-20-23(14-16)17-7-3-2-4-8-17/h2-9,12-14H,10-11H2,1H3,(H2,21,22,24). The second kappa shape index (κ2) is 8.68. The Labute approximate surface area is 151 Å². The lowest BCUT2D eigenvalue weighted by Crippen LogP contribution is -2.19. The summed E-state index contributed by atoms with van der Waals surface area (Å²) in [5, 5.41) is 9.77. The Hall–Kier alpha value is -3.32. The Balaban J connectivity index is 1.57. The Morgan fingerprint density at radius 3 is 2.65 bits per heavy atom. The molecule has 0 aliphatic rings. The van der Waals surface area contributed by atoms with Gasteiger partial charge in [0, 0.05) is 18.9 Å². The highest BCUT2D eigenvalue weighted by Gasteiger charge is 2.06. The van der Waals surface area contributed by atoms with Crippen LogP contribution in [0, 0.1) is 0 Å². The molecule has 0 aliphatic carbocycles. The number of carbonyl (C=O) groups is 1. The van der Waals surface area contributed by atoms with E-state index in [1.807, 2.05) is 42.5 Å². The molecule has 0 saturated heterocycles. The van der Waals surface area contributed by atoms with Gasteiger partial charge in [-0.1, -0.05) is 24.3 Å². The number of urea groups is 1. The minimum absolute atomic E-state index is 0.355. The number of ether oxygens (including phenoxy) is 2. The zero-order chi connectivity index (χ0) is 18.2. The average molecular weight is 352 g/mol. The highest BCUT2D eigenvalue weighted by Crippen LogP contribution is 2.18. The number of hydrogen-bond donors (Lipinski definition) is 2. The van der Waals surface area contributed by atoms with Crippen molar-refractivity contribution in [3.8, 4) is 11.4 Å².